The van der Waals surface area contributed by atoms with E-state index in [1.54, 1.807) is 35.2 Å². The summed E-state index contributed by atoms with van der Waals surface area (Å²) in [6.07, 6.45) is 0. The molecule has 1 aliphatic heterocycles. The molecule has 10 heteroatoms. The van der Waals surface area contributed by atoms with E-state index in [9.17, 15) is 23.2 Å². The van der Waals surface area contributed by atoms with Gasteiger partial charge in [-0.05, 0) is 60.2 Å². The molecular formula is C29H30F2N4O4. The second kappa shape index (κ2) is 13.0. The highest BCUT2D eigenvalue weighted by Crippen LogP contribution is 2.21. The van der Waals surface area contributed by atoms with E-state index in [1.807, 2.05) is 12.1 Å². The first-order chi connectivity index (χ1) is 18.8. The highest BCUT2D eigenvalue weighted by molar-refractivity contribution is 5.95. The van der Waals surface area contributed by atoms with Crippen LogP contribution in [0.1, 0.15) is 15.9 Å². The third-order valence-electron chi connectivity index (χ3n) is 6.40. The normalized spacial score (nSPS) is 13.2. The van der Waals surface area contributed by atoms with Crippen LogP contribution in [0.4, 0.5) is 20.2 Å². The SMILES string of the molecule is COCC(=O)N(CC(=O)Nc1ccc(N2CCN(C(=O)c3cccc(F)c3)CC2)cc1)Cc1ccc(F)cc1. The zero-order valence-electron chi connectivity index (χ0n) is 21.6. The summed E-state index contributed by atoms with van der Waals surface area (Å²) >= 11 is 0. The van der Waals surface area contributed by atoms with Crippen molar-refractivity contribution in [3.63, 3.8) is 0 Å². The summed E-state index contributed by atoms with van der Waals surface area (Å²) < 4.78 is 31.6. The van der Waals surface area contributed by atoms with Crippen LogP contribution in [0.2, 0.25) is 0 Å². The van der Waals surface area contributed by atoms with Gasteiger partial charge in [0.25, 0.3) is 5.91 Å². The third-order valence-corrected chi connectivity index (χ3v) is 6.40. The topological polar surface area (TPSA) is 82.2 Å². The van der Waals surface area contributed by atoms with Gasteiger partial charge in [0.15, 0.2) is 0 Å². The van der Waals surface area contributed by atoms with Gasteiger partial charge in [-0.2, -0.15) is 0 Å². The Morgan fingerprint density at radius 2 is 1.59 bits per heavy atom. The average Bonchev–Trinajstić information content (AvgIpc) is 2.94. The quantitative estimate of drug-likeness (QED) is 0.453. The van der Waals surface area contributed by atoms with E-state index < -0.39 is 5.82 Å². The summed E-state index contributed by atoms with van der Waals surface area (Å²) in [6.45, 7) is 2.02. The van der Waals surface area contributed by atoms with Gasteiger partial charge in [-0.15, -0.1) is 0 Å². The molecule has 0 radical (unpaired) electrons. The summed E-state index contributed by atoms with van der Waals surface area (Å²) in [4.78, 5) is 43.1. The van der Waals surface area contributed by atoms with Crippen molar-refractivity contribution in [2.45, 2.75) is 6.54 Å². The first-order valence-corrected chi connectivity index (χ1v) is 12.5. The number of hydrogen-bond donors (Lipinski definition) is 1. The number of halogens is 2. The molecule has 1 aliphatic rings. The fourth-order valence-electron chi connectivity index (χ4n) is 4.36. The van der Waals surface area contributed by atoms with E-state index in [4.69, 9.17) is 4.74 Å². The molecule has 3 aromatic carbocycles. The molecule has 1 fully saturated rings. The molecule has 39 heavy (non-hydrogen) atoms. The number of methoxy groups -OCH3 is 1. The number of nitrogens with one attached hydrogen (secondary N) is 1. The maximum Gasteiger partial charge on any atom is 0.254 e. The van der Waals surface area contributed by atoms with Crippen molar-refractivity contribution in [2.24, 2.45) is 0 Å². The lowest BCUT2D eigenvalue weighted by molar-refractivity contribution is -0.138. The van der Waals surface area contributed by atoms with Crippen LogP contribution in [-0.4, -0.2) is 74.0 Å². The number of rotatable bonds is 9. The Kier molecular flexibility index (Phi) is 9.22. The first-order valence-electron chi connectivity index (χ1n) is 12.5. The molecule has 1 saturated heterocycles. The number of carbonyl (C=O) groups excluding carboxylic acids is 3. The number of ether oxygens (including phenoxy) is 1. The van der Waals surface area contributed by atoms with Crippen molar-refractivity contribution in [3.05, 3.63) is 95.6 Å². The third kappa shape index (κ3) is 7.61. The Balaban J connectivity index is 1.30. The van der Waals surface area contributed by atoms with Gasteiger partial charge in [0, 0.05) is 56.8 Å². The molecule has 0 unspecified atom stereocenters. The minimum Gasteiger partial charge on any atom is -0.375 e. The summed E-state index contributed by atoms with van der Waals surface area (Å²) in [7, 11) is 1.40. The Hall–Kier alpha value is -4.31. The van der Waals surface area contributed by atoms with Crippen LogP contribution < -0.4 is 10.2 Å². The fourth-order valence-corrected chi connectivity index (χ4v) is 4.36. The minimum atomic E-state index is -0.436. The molecule has 0 aromatic heterocycles. The number of benzene rings is 3. The van der Waals surface area contributed by atoms with Gasteiger partial charge < -0.3 is 24.8 Å². The molecule has 0 spiro atoms. The van der Waals surface area contributed by atoms with Gasteiger partial charge in [0.05, 0.1) is 0 Å². The van der Waals surface area contributed by atoms with Crippen molar-refractivity contribution in [1.82, 2.24) is 9.80 Å². The van der Waals surface area contributed by atoms with Gasteiger partial charge in [-0.1, -0.05) is 18.2 Å². The summed E-state index contributed by atoms with van der Waals surface area (Å²) in [5, 5.41) is 2.80. The highest BCUT2D eigenvalue weighted by atomic mass is 19.1. The Morgan fingerprint density at radius 3 is 2.23 bits per heavy atom. The van der Waals surface area contributed by atoms with E-state index in [0.29, 0.717) is 43.0 Å². The highest BCUT2D eigenvalue weighted by Gasteiger charge is 2.23. The van der Waals surface area contributed by atoms with E-state index in [0.717, 1.165) is 5.69 Å². The standard InChI is InChI=1S/C29H30F2N4O4/c1-39-20-28(37)35(18-21-5-7-23(30)8-6-21)19-27(36)32-25-9-11-26(12-10-25)33-13-15-34(16-14-33)29(38)22-3-2-4-24(31)17-22/h2-12,17H,13-16,18-20H2,1H3,(H,32,36). The molecule has 1 heterocycles. The predicted octanol–water partition coefficient (Wildman–Crippen LogP) is 3.54. The zero-order valence-corrected chi connectivity index (χ0v) is 21.6. The lowest BCUT2D eigenvalue weighted by Gasteiger charge is -2.36. The number of amides is 3. The number of nitrogens with zero attached hydrogens (tertiary/aromatic N) is 3. The zero-order chi connectivity index (χ0) is 27.8. The van der Waals surface area contributed by atoms with Crippen LogP contribution in [0, 0.1) is 11.6 Å². The summed E-state index contributed by atoms with van der Waals surface area (Å²) in [5.41, 5.74) is 2.54. The van der Waals surface area contributed by atoms with Gasteiger partial charge in [0.1, 0.15) is 24.8 Å². The van der Waals surface area contributed by atoms with Crippen LogP contribution in [0.25, 0.3) is 0 Å². The van der Waals surface area contributed by atoms with E-state index in [-0.39, 0.29) is 43.2 Å². The predicted molar refractivity (Wildman–Crippen MR) is 143 cm³/mol. The van der Waals surface area contributed by atoms with Gasteiger partial charge in [-0.3, -0.25) is 14.4 Å². The lowest BCUT2D eigenvalue weighted by Crippen LogP contribution is -2.48. The van der Waals surface area contributed by atoms with E-state index >= 15 is 0 Å². The van der Waals surface area contributed by atoms with Crippen molar-refractivity contribution in [1.29, 1.82) is 0 Å². The number of piperazine rings is 1. The van der Waals surface area contributed by atoms with Crippen molar-refractivity contribution >= 4 is 29.1 Å². The van der Waals surface area contributed by atoms with Crippen molar-refractivity contribution < 1.29 is 27.9 Å². The molecule has 0 atom stereocenters. The maximum absolute atomic E-state index is 13.5. The first kappa shape index (κ1) is 27.7. The largest absolute Gasteiger partial charge is 0.375 e. The molecule has 0 saturated carbocycles. The summed E-state index contributed by atoms with van der Waals surface area (Å²) in [5.74, 6) is -1.74. The van der Waals surface area contributed by atoms with Crippen LogP contribution in [-0.2, 0) is 20.9 Å². The van der Waals surface area contributed by atoms with Crippen molar-refractivity contribution in [3.8, 4) is 0 Å². The number of carbonyl (C=O) groups is 3. The molecule has 1 N–H and O–H groups in total. The number of anilines is 2. The molecule has 204 valence electrons. The molecule has 0 aliphatic carbocycles. The second-order valence-electron chi connectivity index (χ2n) is 9.19. The van der Waals surface area contributed by atoms with Crippen LogP contribution >= 0.6 is 0 Å². The van der Waals surface area contributed by atoms with Gasteiger partial charge in [0.2, 0.25) is 11.8 Å². The lowest BCUT2D eigenvalue weighted by atomic mass is 10.1. The van der Waals surface area contributed by atoms with E-state index in [2.05, 4.69) is 10.2 Å². The van der Waals surface area contributed by atoms with Gasteiger partial charge >= 0.3 is 0 Å². The maximum atomic E-state index is 13.5. The summed E-state index contributed by atoms with van der Waals surface area (Å²) in [6, 6.07) is 18.8. The smallest absolute Gasteiger partial charge is 0.254 e. The minimum absolute atomic E-state index is 0.141. The molecule has 3 aromatic rings. The molecule has 3 amide bonds. The molecule has 8 nitrogen and oxygen atoms in total. The molecule has 0 bridgehead atoms. The fraction of sp³-hybridized carbons (Fsp3) is 0.276. The number of hydrogen-bond acceptors (Lipinski definition) is 5. The molecular weight excluding hydrogens is 506 g/mol. The van der Waals surface area contributed by atoms with Gasteiger partial charge in [-0.25, -0.2) is 8.78 Å². The Bertz CT molecular complexity index is 1290. The van der Waals surface area contributed by atoms with E-state index in [1.165, 1.54) is 42.3 Å². The van der Waals surface area contributed by atoms with Crippen LogP contribution in [0.3, 0.4) is 0 Å². The second-order valence-corrected chi connectivity index (χ2v) is 9.19. The average molecular weight is 537 g/mol. The van der Waals surface area contributed by atoms with Crippen LogP contribution in [0.5, 0.6) is 0 Å². The Labute approximate surface area is 225 Å². The van der Waals surface area contributed by atoms with Crippen molar-refractivity contribution in [2.75, 3.05) is 56.7 Å². The monoisotopic (exact) mass is 536 g/mol. The molecule has 4 rings (SSSR count). The Morgan fingerprint density at radius 1 is 0.897 bits per heavy atom. The van der Waals surface area contributed by atoms with Crippen LogP contribution in [0.15, 0.2) is 72.8 Å².